The van der Waals surface area contributed by atoms with Gasteiger partial charge in [-0.05, 0) is 25.2 Å². The summed E-state index contributed by atoms with van der Waals surface area (Å²) < 4.78 is 6.02. The maximum atomic E-state index is 14.1. The molecule has 0 radical (unpaired) electrons. The predicted octanol–water partition coefficient (Wildman–Crippen LogP) is 3.37. The van der Waals surface area contributed by atoms with Gasteiger partial charge in [0.25, 0.3) is 11.8 Å². The minimum atomic E-state index is -1.11. The molecule has 1 aromatic heterocycles. The zero-order valence-corrected chi connectivity index (χ0v) is 23.8. The second-order valence-corrected chi connectivity index (χ2v) is 10.8. The highest BCUT2D eigenvalue weighted by molar-refractivity contribution is 6.20. The van der Waals surface area contributed by atoms with Gasteiger partial charge in [-0.25, -0.2) is 4.99 Å². The van der Waals surface area contributed by atoms with Crippen molar-refractivity contribution in [2.24, 2.45) is 4.99 Å². The SMILES string of the molecule is CN1CCN(CCOCCN2C(=O)[C@@H](NC(=O)c3cc4ccccc4[nH]3)N=C(c3ccccc3)c3ccccc32)CC1. The number of ether oxygens (including phenoxy) is 1. The summed E-state index contributed by atoms with van der Waals surface area (Å²) in [5.74, 6) is -0.699. The number of rotatable bonds is 9. The van der Waals surface area contributed by atoms with Gasteiger partial charge in [0.1, 0.15) is 5.69 Å². The van der Waals surface area contributed by atoms with E-state index in [0.717, 1.165) is 60.4 Å². The van der Waals surface area contributed by atoms with Crippen LogP contribution in [0.15, 0.2) is 89.9 Å². The molecule has 3 heterocycles. The van der Waals surface area contributed by atoms with Gasteiger partial charge in [-0.1, -0.05) is 66.7 Å². The molecule has 216 valence electrons. The van der Waals surface area contributed by atoms with E-state index in [1.54, 1.807) is 11.0 Å². The van der Waals surface area contributed by atoms with E-state index in [9.17, 15) is 9.59 Å². The highest BCUT2D eigenvalue weighted by Crippen LogP contribution is 2.28. The number of H-pyrrole nitrogens is 1. The highest BCUT2D eigenvalue weighted by atomic mass is 16.5. The van der Waals surface area contributed by atoms with Crippen LogP contribution in [0.2, 0.25) is 0 Å². The van der Waals surface area contributed by atoms with Crippen LogP contribution < -0.4 is 10.2 Å². The number of benzene rings is 3. The van der Waals surface area contributed by atoms with Gasteiger partial charge in [0.15, 0.2) is 0 Å². The maximum absolute atomic E-state index is 14.1. The number of nitrogens with zero attached hydrogens (tertiary/aromatic N) is 4. The average Bonchev–Trinajstić information content (AvgIpc) is 3.43. The Morgan fingerprint density at radius 1 is 0.929 bits per heavy atom. The number of nitrogens with one attached hydrogen (secondary N) is 2. The zero-order chi connectivity index (χ0) is 28.9. The number of carbonyl (C=O) groups is 2. The molecule has 3 aromatic carbocycles. The van der Waals surface area contributed by atoms with Crippen molar-refractivity contribution in [3.63, 3.8) is 0 Å². The lowest BCUT2D eigenvalue weighted by Crippen LogP contribution is -2.48. The van der Waals surface area contributed by atoms with Crippen molar-refractivity contribution in [2.45, 2.75) is 6.17 Å². The van der Waals surface area contributed by atoms with Crippen LogP contribution in [0.25, 0.3) is 10.9 Å². The van der Waals surface area contributed by atoms with Crippen molar-refractivity contribution in [3.05, 3.63) is 102 Å². The first-order valence-electron chi connectivity index (χ1n) is 14.5. The van der Waals surface area contributed by atoms with Gasteiger partial charge in [0.05, 0.1) is 24.6 Å². The number of likely N-dealkylation sites (N-methyl/N-ethyl adjacent to an activating group) is 1. The van der Waals surface area contributed by atoms with E-state index in [-0.39, 0.29) is 5.91 Å². The number of aromatic amines is 1. The largest absolute Gasteiger partial charge is 0.378 e. The van der Waals surface area contributed by atoms with Crippen molar-refractivity contribution < 1.29 is 14.3 Å². The standard InChI is InChI=1S/C33H36N6O3/c1-37-15-17-38(18-16-37)19-21-42-22-20-39-29-14-8-6-12-26(29)30(24-9-3-2-4-10-24)35-31(33(39)41)36-32(40)28-23-25-11-5-7-13-27(25)34-28/h2-14,23,31,34H,15-22H2,1H3,(H,36,40)/t31-/m1/s1. The molecule has 0 unspecified atom stereocenters. The van der Waals surface area contributed by atoms with E-state index < -0.39 is 12.1 Å². The van der Waals surface area contributed by atoms with Crippen molar-refractivity contribution in [3.8, 4) is 0 Å². The Morgan fingerprint density at radius 2 is 1.64 bits per heavy atom. The van der Waals surface area contributed by atoms with Gasteiger partial charge in [-0.15, -0.1) is 0 Å². The number of benzodiazepines with no additional fused rings is 1. The molecule has 6 rings (SSSR count). The van der Waals surface area contributed by atoms with E-state index in [1.807, 2.05) is 78.9 Å². The number of amides is 2. The van der Waals surface area contributed by atoms with Crippen LogP contribution in [-0.2, 0) is 9.53 Å². The van der Waals surface area contributed by atoms with Crippen LogP contribution in [0.4, 0.5) is 5.69 Å². The van der Waals surface area contributed by atoms with E-state index in [2.05, 4.69) is 27.1 Å². The Hall–Kier alpha value is -4.31. The van der Waals surface area contributed by atoms with E-state index in [0.29, 0.717) is 31.2 Å². The summed E-state index contributed by atoms with van der Waals surface area (Å²) in [6, 6.07) is 27.0. The lowest BCUT2D eigenvalue weighted by atomic mass is 10.0. The third-order valence-corrected chi connectivity index (χ3v) is 7.90. The topological polar surface area (TPSA) is 93.3 Å². The molecule has 2 amide bonds. The molecule has 1 fully saturated rings. The first-order valence-corrected chi connectivity index (χ1v) is 14.5. The van der Waals surface area contributed by atoms with Crippen LogP contribution in [0.3, 0.4) is 0 Å². The number of aromatic nitrogens is 1. The molecule has 42 heavy (non-hydrogen) atoms. The van der Waals surface area contributed by atoms with Gasteiger partial charge in [-0.3, -0.25) is 14.5 Å². The first kappa shape index (κ1) is 27.8. The fourth-order valence-corrected chi connectivity index (χ4v) is 5.50. The van der Waals surface area contributed by atoms with Crippen molar-refractivity contribution in [1.82, 2.24) is 20.1 Å². The molecule has 0 bridgehead atoms. The fourth-order valence-electron chi connectivity index (χ4n) is 5.50. The van der Waals surface area contributed by atoms with Crippen LogP contribution >= 0.6 is 0 Å². The summed E-state index contributed by atoms with van der Waals surface area (Å²) in [5.41, 5.74) is 4.33. The Labute approximate surface area is 245 Å². The normalized spacial score (nSPS) is 18.0. The summed E-state index contributed by atoms with van der Waals surface area (Å²) in [6.45, 7) is 6.38. The maximum Gasteiger partial charge on any atom is 0.272 e. The van der Waals surface area contributed by atoms with Crippen LogP contribution in [0.1, 0.15) is 21.6 Å². The number of fused-ring (bicyclic) bond motifs is 2. The molecule has 1 atom stereocenters. The lowest BCUT2D eigenvalue weighted by Gasteiger charge is -2.32. The van der Waals surface area contributed by atoms with Crippen molar-refractivity contribution >= 4 is 34.1 Å². The van der Waals surface area contributed by atoms with E-state index in [1.165, 1.54) is 0 Å². The minimum absolute atomic E-state index is 0.305. The predicted molar refractivity (Wildman–Crippen MR) is 165 cm³/mol. The molecule has 0 saturated carbocycles. The Bertz CT molecular complexity index is 1540. The monoisotopic (exact) mass is 564 g/mol. The number of aliphatic imine (C=N–C) groups is 1. The summed E-state index contributed by atoms with van der Waals surface area (Å²) in [6.07, 6.45) is -1.11. The van der Waals surface area contributed by atoms with Crippen molar-refractivity contribution in [2.75, 3.05) is 64.4 Å². The molecular formula is C33H36N6O3. The number of para-hydroxylation sites is 2. The van der Waals surface area contributed by atoms with Gasteiger partial charge in [-0.2, -0.15) is 0 Å². The van der Waals surface area contributed by atoms with Gasteiger partial charge in [0, 0.05) is 61.3 Å². The molecule has 9 nitrogen and oxygen atoms in total. The molecule has 2 aliphatic heterocycles. The number of piperazine rings is 1. The quantitative estimate of drug-likeness (QED) is 0.304. The van der Waals surface area contributed by atoms with Crippen LogP contribution in [-0.4, -0.2) is 98.0 Å². The third kappa shape index (κ3) is 6.13. The summed E-state index contributed by atoms with van der Waals surface area (Å²) in [7, 11) is 2.15. The molecule has 2 aliphatic rings. The molecular weight excluding hydrogens is 528 g/mol. The highest BCUT2D eigenvalue weighted by Gasteiger charge is 2.33. The smallest absolute Gasteiger partial charge is 0.272 e. The second kappa shape index (κ2) is 12.7. The third-order valence-electron chi connectivity index (χ3n) is 7.90. The van der Waals surface area contributed by atoms with Crippen LogP contribution in [0, 0.1) is 0 Å². The van der Waals surface area contributed by atoms with Gasteiger partial charge < -0.3 is 24.8 Å². The molecule has 1 saturated heterocycles. The number of carbonyl (C=O) groups excluding carboxylic acids is 2. The summed E-state index contributed by atoms with van der Waals surface area (Å²) in [4.78, 5) is 42.0. The lowest BCUT2D eigenvalue weighted by molar-refractivity contribution is -0.120. The first-order chi connectivity index (χ1) is 20.6. The van der Waals surface area contributed by atoms with Gasteiger partial charge in [0.2, 0.25) is 6.17 Å². The molecule has 9 heteroatoms. The number of hydrogen-bond acceptors (Lipinski definition) is 6. The summed E-state index contributed by atoms with van der Waals surface area (Å²) in [5, 5.41) is 3.82. The summed E-state index contributed by atoms with van der Waals surface area (Å²) >= 11 is 0. The minimum Gasteiger partial charge on any atom is -0.378 e. The molecule has 4 aromatic rings. The second-order valence-electron chi connectivity index (χ2n) is 10.8. The van der Waals surface area contributed by atoms with E-state index >= 15 is 0 Å². The Balaban J connectivity index is 1.24. The fraction of sp³-hybridized carbons (Fsp3) is 0.303. The van der Waals surface area contributed by atoms with Crippen molar-refractivity contribution in [1.29, 1.82) is 0 Å². The molecule has 2 N–H and O–H groups in total. The Morgan fingerprint density at radius 3 is 2.45 bits per heavy atom. The average molecular weight is 565 g/mol. The number of hydrogen-bond donors (Lipinski definition) is 2. The molecule has 0 aliphatic carbocycles. The van der Waals surface area contributed by atoms with Crippen LogP contribution in [0.5, 0.6) is 0 Å². The zero-order valence-electron chi connectivity index (χ0n) is 23.8. The number of anilines is 1. The van der Waals surface area contributed by atoms with E-state index in [4.69, 9.17) is 9.73 Å². The van der Waals surface area contributed by atoms with Gasteiger partial charge >= 0.3 is 0 Å². The molecule has 0 spiro atoms. The Kier molecular flexibility index (Phi) is 8.41.